The molecule has 1 aromatic heterocycles. The molecule has 0 aliphatic heterocycles. The molecule has 0 bridgehead atoms. The lowest BCUT2D eigenvalue weighted by atomic mass is 10.1. The molecule has 2 nitrogen and oxygen atoms in total. The minimum absolute atomic E-state index is 0.267. The van der Waals surface area contributed by atoms with Crippen molar-refractivity contribution in [3.05, 3.63) is 40.9 Å². The topological polar surface area (TPSA) is 17.8 Å². The molecule has 0 amide bonds. The molecule has 1 aromatic carbocycles. The van der Waals surface area contributed by atoms with Crippen LogP contribution in [0.2, 0.25) is 5.02 Å². The lowest BCUT2D eigenvalue weighted by Gasteiger charge is -2.14. The molecule has 106 valence electrons. The molecule has 0 atom stereocenters. The van der Waals surface area contributed by atoms with Gasteiger partial charge in [-0.2, -0.15) is 0 Å². The van der Waals surface area contributed by atoms with Crippen molar-refractivity contribution in [2.45, 2.75) is 39.2 Å². The fourth-order valence-corrected chi connectivity index (χ4v) is 3.25. The van der Waals surface area contributed by atoms with Crippen LogP contribution in [0.25, 0.3) is 11.4 Å². The first-order valence-corrected chi connectivity index (χ1v) is 7.50. The van der Waals surface area contributed by atoms with E-state index < -0.39 is 0 Å². The van der Waals surface area contributed by atoms with Gasteiger partial charge in [-0.1, -0.05) is 30.5 Å². The van der Waals surface area contributed by atoms with Crippen molar-refractivity contribution in [2.24, 2.45) is 5.92 Å². The summed E-state index contributed by atoms with van der Waals surface area (Å²) in [7, 11) is 0. The number of imidazole rings is 1. The molecule has 0 unspecified atom stereocenters. The Morgan fingerprint density at radius 3 is 2.85 bits per heavy atom. The third kappa shape index (κ3) is 2.47. The van der Waals surface area contributed by atoms with Crippen molar-refractivity contribution in [3.8, 4) is 11.4 Å². The molecule has 0 N–H and O–H groups in total. The number of nitrogens with zero attached hydrogens (tertiary/aromatic N) is 2. The molecule has 0 radical (unpaired) electrons. The van der Waals surface area contributed by atoms with Gasteiger partial charge >= 0.3 is 0 Å². The van der Waals surface area contributed by atoms with Crippen molar-refractivity contribution < 1.29 is 4.39 Å². The predicted octanol–water partition coefficient (Wildman–Crippen LogP) is 4.84. The molecule has 3 rings (SSSR count). The summed E-state index contributed by atoms with van der Waals surface area (Å²) >= 11 is 6.19. The van der Waals surface area contributed by atoms with Crippen LogP contribution in [0.4, 0.5) is 4.39 Å². The Labute approximate surface area is 123 Å². The van der Waals surface area contributed by atoms with Crippen LogP contribution in [0.1, 0.15) is 31.2 Å². The highest BCUT2D eigenvalue weighted by Crippen LogP contribution is 2.33. The van der Waals surface area contributed by atoms with Crippen LogP contribution in [0.3, 0.4) is 0 Å². The maximum absolute atomic E-state index is 14.4. The molecular formula is C16H18ClFN2. The summed E-state index contributed by atoms with van der Waals surface area (Å²) in [6, 6.07) is 3.44. The number of hydrogen-bond acceptors (Lipinski definition) is 1. The third-order valence-electron chi connectivity index (χ3n) is 4.15. The van der Waals surface area contributed by atoms with Crippen LogP contribution < -0.4 is 0 Å². The van der Waals surface area contributed by atoms with Crippen LogP contribution in [-0.2, 0) is 6.54 Å². The van der Waals surface area contributed by atoms with Crippen molar-refractivity contribution >= 4 is 11.6 Å². The van der Waals surface area contributed by atoms with E-state index in [0.29, 0.717) is 27.9 Å². The molecule has 1 fully saturated rings. The van der Waals surface area contributed by atoms with Gasteiger partial charge in [-0.15, -0.1) is 0 Å². The minimum Gasteiger partial charge on any atom is -0.331 e. The lowest BCUT2D eigenvalue weighted by Crippen LogP contribution is -2.09. The first kappa shape index (κ1) is 13.6. The fourth-order valence-electron chi connectivity index (χ4n) is 3.02. The highest BCUT2D eigenvalue weighted by molar-refractivity contribution is 6.33. The molecule has 0 saturated heterocycles. The van der Waals surface area contributed by atoms with Gasteiger partial charge in [0.15, 0.2) is 0 Å². The zero-order chi connectivity index (χ0) is 14.1. The maximum Gasteiger partial charge on any atom is 0.144 e. The quantitative estimate of drug-likeness (QED) is 0.791. The van der Waals surface area contributed by atoms with Crippen molar-refractivity contribution in [3.63, 3.8) is 0 Å². The number of aromatic nitrogens is 2. The van der Waals surface area contributed by atoms with E-state index in [2.05, 4.69) is 4.98 Å². The Hall–Kier alpha value is -1.35. The highest BCUT2D eigenvalue weighted by Gasteiger charge is 2.20. The van der Waals surface area contributed by atoms with Crippen molar-refractivity contribution in [1.29, 1.82) is 0 Å². The standard InChI is InChI=1S/C16H18ClFN2/c1-11-6-7-13(17)14(15(11)18)16-19-8-9-20(16)10-12-4-2-3-5-12/h6-9,12H,2-5,10H2,1H3. The van der Waals surface area contributed by atoms with E-state index >= 15 is 0 Å². The van der Waals surface area contributed by atoms with E-state index in [1.165, 1.54) is 25.7 Å². The van der Waals surface area contributed by atoms with E-state index in [1.807, 2.05) is 10.8 Å². The van der Waals surface area contributed by atoms with Gasteiger partial charge in [0.2, 0.25) is 0 Å². The summed E-state index contributed by atoms with van der Waals surface area (Å²) in [4.78, 5) is 4.33. The Kier molecular flexibility index (Phi) is 3.79. The number of benzene rings is 1. The predicted molar refractivity (Wildman–Crippen MR) is 79.3 cm³/mol. The smallest absolute Gasteiger partial charge is 0.144 e. The van der Waals surface area contributed by atoms with Crippen LogP contribution in [0.15, 0.2) is 24.5 Å². The molecule has 20 heavy (non-hydrogen) atoms. The average Bonchev–Trinajstić information content (AvgIpc) is 3.08. The van der Waals surface area contributed by atoms with Gasteiger partial charge < -0.3 is 4.57 Å². The third-order valence-corrected chi connectivity index (χ3v) is 4.47. The second-order valence-electron chi connectivity index (χ2n) is 5.61. The van der Waals surface area contributed by atoms with Crippen molar-refractivity contribution in [1.82, 2.24) is 9.55 Å². The van der Waals surface area contributed by atoms with Gasteiger partial charge in [-0.05, 0) is 37.3 Å². The first-order chi connectivity index (χ1) is 9.66. The number of halogens is 2. The summed E-state index contributed by atoms with van der Waals surface area (Å²) < 4.78 is 16.4. The molecule has 0 spiro atoms. The maximum atomic E-state index is 14.4. The monoisotopic (exact) mass is 292 g/mol. The normalized spacial score (nSPS) is 15.9. The molecule has 4 heteroatoms. The fraction of sp³-hybridized carbons (Fsp3) is 0.438. The number of rotatable bonds is 3. The summed E-state index contributed by atoms with van der Waals surface area (Å²) in [5, 5.41) is 0.423. The van der Waals surface area contributed by atoms with Gasteiger partial charge in [0.05, 0.1) is 10.6 Å². The Balaban J connectivity index is 1.99. The SMILES string of the molecule is Cc1ccc(Cl)c(-c2nccn2CC2CCCC2)c1F. The first-order valence-electron chi connectivity index (χ1n) is 7.13. The molecule has 2 aromatic rings. The van der Waals surface area contributed by atoms with E-state index in [9.17, 15) is 4.39 Å². The lowest BCUT2D eigenvalue weighted by molar-refractivity contribution is 0.459. The van der Waals surface area contributed by atoms with E-state index in [0.717, 1.165) is 6.54 Å². The van der Waals surface area contributed by atoms with Gasteiger partial charge in [0.25, 0.3) is 0 Å². The number of hydrogen-bond donors (Lipinski definition) is 0. The van der Waals surface area contributed by atoms with E-state index in [1.54, 1.807) is 25.3 Å². The Morgan fingerprint density at radius 1 is 1.35 bits per heavy atom. The molecule has 1 heterocycles. The van der Waals surface area contributed by atoms with Crippen molar-refractivity contribution in [2.75, 3.05) is 0 Å². The largest absolute Gasteiger partial charge is 0.331 e. The summed E-state index contributed by atoms with van der Waals surface area (Å²) in [6.07, 6.45) is 8.75. The minimum atomic E-state index is -0.267. The molecular weight excluding hydrogens is 275 g/mol. The summed E-state index contributed by atoms with van der Waals surface area (Å²) in [6.45, 7) is 2.65. The van der Waals surface area contributed by atoms with E-state index in [-0.39, 0.29) is 5.82 Å². The average molecular weight is 293 g/mol. The van der Waals surface area contributed by atoms with Gasteiger partial charge in [-0.25, -0.2) is 9.37 Å². The molecule has 1 saturated carbocycles. The van der Waals surface area contributed by atoms with Gasteiger partial charge in [0.1, 0.15) is 11.6 Å². The van der Waals surface area contributed by atoms with Crippen LogP contribution in [0, 0.1) is 18.7 Å². The Morgan fingerprint density at radius 2 is 2.10 bits per heavy atom. The highest BCUT2D eigenvalue weighted by atomic mass is 35.5. The molecule has 1 aliphatic rings. The molecule has 1 aliphatic carbocycles. The van der Waals surface area contributed by atoms with Gasteiger partial charge in [0, 0.05) is 18.9 Å². The summed E-state index contributed by atoms with van der Waals surface area (Å²) in [5.41, 5.74) is 1.02. The van der Waals surface area contributed by atoms with Crippen LogP contribution >= 0.6 is 11.6 Å². The van der Waals surface area contributed by atoms with Crippen LogP contribution in [0.5, 0.6) is 0 Å². The zero-order valence-electron chi connectivity index (χ0n) is 11.6. The summed E-state index contributed by atoms with van der Waals surface area (Å²) in [5.74, 6) is 1.05. The van der Waals surface area contributed by atoms with Crippen LogP contribution in [-0.4, -0.2) is 9.55 Å². The van der Waals surface area contributed by atoms with E-state index in [4.69, 9.17) is 11.6 Å². The second kappa shape index (κ2) is 5.57. The second-order valence-corrected chi connectivity index (χ2v) is 6.01. The Bertz CT molecular complexity index is 615. The zero-order valence-corrected chi connectivity index (χ0v) is 12.3. The number of aryl methyl sites for hydroxylation is 1. The van der Waals surface area contributed by atoms with Gasteiger partial charge in [-0.3, -0.25) is 0 Å².